The van der Waals surface area contributed by atoms with E-state index in [4.69, 9.17) is 10.00 Å². The molecule has 0 spiro atoms. The van der Waals surface area contributed by atoms with Crippen LogP contribution >= 0.6 is 0 Å². The minimum atomic E-state index is -0.384. The van der Waals surface area contributed by atoms with Gasteiger partial charge in [-0.1, -0.05) is 6.07 Å². The van der Waals surface area contributed by atoms with Crippen molar-refractivity contribution in [3.05, 3.63) is 23.8 Å². The number of phenols is 1. The Bertz CT molecular complexity index is 371. The SMILES string of the molecule is CCOc1cc(C(C#N)NC)ccc1O. The molecular formula is C11H14N2O2. The highest BCUT2D eigenvalue weighted by atomic mass is 16.5. The average Bonchev–Trinajstić information content (AvgIpc) is 2.25. The second-order valence-electron chi connectivity index (χ2n) is 3.01. The van der Waals surface area contributed by atoms with Gasteiger partial charge in [-0.25, -0.2) is 0 Å². The van der Waals surface area contributed by atoms with Crippen LogP contribution in [0.15, 0.2) is 18.2 Å². The third-order valence-corrected chi connectivity index (χ3v) is 2.03. The highest BCUT2D eigenvalue weighted by Crippen LogP contribution is 2.28. The number of phenolic OH excluding ortho intramolecular Hbond substituents is 1. The minimum absolute atomic E-state index is 0.0911. The molecule has 0 aromatic heterocycles. The number of aromatic hydroxyl groups is 1. The predicted molar refractivity (Wildman–Crippen MR) is 56.7 cm³/mol. The number of benzene rings is 1. The van der Waals surface area contributed by atoms with Crippen LogP contribution in [-0.4, -0.2) is 18.8 Å². The summed E-state index contributed by atoms with van der Waals surface area (Å²) in [5, 5.41) is 21.2. The fourth-order valence-corrected chi connectivity index (χ4v) is 1.29. The molecule has 4 heteroatoms. The van der Waals surface area contributed by atoms with Crippen LogP contribution in [0.2, 0.25) is 0 Å². The number of hydrogen-bond donors (Lipinski definition) is 2. The summed E-state index contributed by atoms with van der Waals surface area (Å²) >= 11 is 0. The number of rotatable bonds is 4. The largest absolute Gasteiger partial charge is 0.504 e. The van der Waals surface area contributed by atoms with Crippen molar-refractivity contribution in [3.8, 4) is 17.6 Å². The van der Waals surface area contributed by atoms with E-state index in [1.54, 1.807) is 19.2 Å². The highest BCUT2D eigenvalue weighted by molar-refractivity contribution is 5.43. The van der Waals surface area contributed by atoms with Crippen LogP contribution in [0.4, 0.5) is 0 Å². The van der Waals surface area contributed by atoms with E-state index >= 15 is 0 Å². The molecule has 1 unspecified atom stereocenters. The zero-order valence-corrected chi connectivity index (χ0v) is 8.82. The Balaban J connectivity index is 3.01. The van der Waals surface area contributed by atoms with Crippen LogP contribution < -0.4 is 10.1 Å². The molecule has 1 aromatic carbocycles. The van der Waals surface area contributed by atoms with Crippen molar-refractivity contribution in [3.63, 3.8) is 0 Å². The van der Waals surface area contributed by atoms with Crippen molar-refractivity contribution in [2.24, 2.45) is 0 Å². The summed E-state index contributed by atoms with van der Waals surface area (Å²) in [5.41, 5.74) is 0.779. The smallest absolute Gasteiger partial charge is 0.161 e. The molecule has 1 rings (SSSR count). The number of hydrogen-bond acceptors (Lipinski definition) is 4. The van der Waals surface area contributed by atoms with Crippen LogP contribution in [0.25, 0.3) is 0 Å². The lowest BCUT2D eigenvalue weighted by Crippen LogP contribution is -2.14. The van der Waals surface area contributed by atoms with E-state index in [0.717, 1.165) is 5.56 Å². The van der Waals surface area contributed by atoms with Crippen LogP contribution in [0.3, 0.4) is 0 Å². The average molecular weight is 206 g/mol. The van der Waals surface area contributed by atoms with Crippen molar-refractivity contribution < 1.29 is 9.84 Å². The normalized spacial score (nSPS) is 11.8. The molecule has 0 heterocycles. The maximum absolute atomic E-state index is 9.46. The van der Waals surface area contributed by atoms with Crippen LogP contribution in [0, 0.1) is 11.3 Å². The van der Waals surface area contributed by atoms with Crippen molar-refractivity contribution in [2.75, 3.05) is 13.7 Å². The predicted octanol–water partition coefficient (Wildman–Crippen LogP) is 1.57. The first-order valence-corrected chi connectivity index (χ1v) is 4.75. The molecule has 0 radical (unpaired) electrons. The molecular weight excluding hydrogens is 192 g/mol. The standard InChI is InChI=1S/C11H14N2O2/c1-3-15-11-6-8(4-5-10(11)14)9(7-12)13-2/h4-6,9,13-14H,3H2,1-2H3. The molecule has 4 nitrogen and oxygen atoms in total. The molecule has 1 aromatic rings. The first-order chi connectivity index (χ1) is 7.22. The van der Waals surface area contributed by atoms with Gasteiger partial charge in [0.1, 0.15) is 6.04 Å². The Labute approximate surface area is 89.1 Å². The van der Waals surface area contributed by atoms with E-state index in [-0.39, 0.29) is 11.8 Å². The van der Waals surface area contributed by atoms with Crippen molar-refractivity contribution >= 4 is 0 Å². The molecule has 0 aliphatic heterocycles. The lowest BCUT2D eigenvalue weighted by atomic mass is 10.1. The monoisotopic (exact) mass is 206 g/mol. The van der Waals surface area contributed by atoms with Gasteiger partial charge in [0.05, 0.1) is 12.7 Å². The molecule has 0 saturated carbocycles. The number of nitrogens with zero attached hydrogens (tertiary/aromatic N) is 1. The molecule has 0 aliphatic carbocycles. The lowest BCUT2D eigenvalue weighted by Gasteiger charge is -2.11. The van der Waals surface area contributed by atoms with Crippen molar-refractivity contribution in [1.82, 2.24) is 5.32 Å². The molecule has 0 bridgehead atoms. The molecule has 15 heavy (non-hydrogen) atoms. The summed E-state index contributed by atoms with van der Waals surface area (Å²) in [6, 6.07) is 6.62. The van der Waals surface area contributed by atoms with Crippen LogP contribution in [0.5, 0.6) is 11.5 Å². The van der Waals surface area contributed by atoms with Crippen molar-refractivity contribution in [1.29, 1.82) is 5.26 Å². The maximum Gasteiger partial charge on any atom is 0.161 e. The van der Waals surface area contributed by atoms with E-state index in [1.807, 2.05) is 6.92 Å². The zero-order chi connectivity index (χ0) is 11.3. The highest BCUT2D eigenvalue weighted by Gasteiger charge is 2.10. The topological polar surface area (TPSA) is 65.3 Å². The van der Waals surface area contributed by atoms with Gasteiger partial charge in [0.15, 0.2) is 11.5 Å². The third-order valence-electron chi connectivity index (χ3n) is 2.03. The first kappa shape index (κ1) is 11.3. The Morgan fingerprint density at radius 2 is 2.33 bits per heavy atom. The van der Waals surface area contributed by atoms with Crippen LogP contribution in [-0.2, 0) is 0 Å². The third kappa shape index (κ3) is 2.61. The van der Waals surface area contributed by atoms with Gasteiger partial charge in [-0.15, -0.1) is 0 Å². The van der Waals surface area contributed by atoms with Gasteiger partial charge in [-0.05, 0) is 31.7 Å². The second-order valence-corrected chi connectivity index (χ2v) is 3.01. The lowest BCUT2D eigenvalue weighted by molar-refractivity contribution is 0.317. The molecule has 1 atom stereocenters. The van der Waals surface area contributed by atoms with Gasteiger partial charge in [0.25, 0.3) is 0 Å². The summed E-state index contributed by atoms with van der Waals surface area (Å²) in [6.07, 6.45) is 0. The Hall–Kier alpha value is -1.73. The zero-order valence-electron chi connectivity index (χ0n) is 8.82. The quantitative estimate of drug-likeness (QED) is 0.784. The van der Waals surface area contributed by atoms with Gasteiger partial charge in [-0.2, -0.15) is 5.26 Å². The number of ether oxygens (including phenoxy) is 1. The van der Waals surface area contributed by atoms with E-state index in [0.29, 0.717) is 12.4 Å². The number of nitrogens with one attached hydrogen (secondary N) is 1. The molecule has 0 aliphatic rings. The molecule has 0 saturated heterocycles. The van der Waals surface area contributed by atoms with Crippen molar-refractivity contribution in [2.45, 2.75) is 13.0 Å². The maximum atomic E-state index is 9.46. The summed E-state index contributed by atoms with van der Waals surface area (Å²) in [5.74, 6) is 0.499. The summed E-state index contributed by atoms with van der Waals surface area (Å²) in [7, 11) is 1.71. The van der Waals surface area contributed by atoms with Crippen LogP contribution in [0.1, 0.15) is 18.5 Å². The Morgan fingerprint density at radius 3 is 2.87 bits per heavy atom. The van der Waals surface area contributed by atoms with E-state index in [1.165, 1.54) is 6.07 Å². The first-order valence-electron chi connectivity index (χ1n) is 4.75. The van der Waals surface area contributed by atoms with Gasteiger partial charge < -0.3 is 15.2 Å². The van der Waals surface area contributed by atoms with Gasteiger partial charge in [0.2, 0.25) is 0 Å². The van der Waals surface area contributed by atoms with Gasteiger partial charge in [0, 0.05) is 0 Å². The summed E-state index contributed by atoms with van der Waals surface area (Å²) < 4.78 is 5.23. The molecule has 2 N–H and O–H groups in total. The Morgan fingerprint density at radius 1 is 1.60 bits per heavy atom. The van der Waals surface area contributed by atoms with Gasteiger partial charge in [-0.3, -0.25) is 0 Å². The summed E-state index contributed by atoms with van der Waals surface area (Å²) in [6.45, 7) is 2.32. The summed E-state index contributed by atoms with van der Waals surface area (Å²) in [4.78, 5) is 0. The second kappa shape index (κ2) is 5.23. The molecule has 80 valence electrons. The van der Waals surface area contributed by atoms with E-state index in [2.05, 4.69) is 11.4 Å². The molecule has 0 amide bonds. The fraction of sp³-hybridized carbons (Fsp3) is 0.364. The van der Waals surface area contributed by atoms with E-state index in [9.17, 15) is 5.11 Å². The van der Waals surface area contributed by atoms with E-state index < -0.39 is 0 Å². The number of nitriles is 1. The van der Waals surface area contributed by atoms with Gasteiger partial charge >= 0.3 is 0 Å². The Kier molecular flexibility index (Phi) is 3.95. The minimum Gasteiger partial charge on any atom is -0.504 e. The fourth-order valence-electron chi connectivity index (χ4n) is 1.29. The molecule has 0 fully saturated rings.